The average Bonchev–Trinajstić information content (AvgIpc) is 3.32. The van der Waals surface area contributed by atoms with Crippen molar-refractivity contribution in [1.82, 2.24) is 24.9 Å². The van der Waals surface area contributed by atoms with E-state index in [1.807, 2.05) is 24.3 Å². The van der Waals surface area contributed by atoms with E-state index in [9.17, 15) is 4.79 Å². The molecule has 0 aliphatic carbocycles. The Kier molecular flexibility index (Phi) is 6.23. The molecule has 11 heteroatoms. The molecular weight excluding hydrogens is 475 g/mol. The molecule has 2 aromatic heterocycles. The monoisotopic (exact) mass is 496 g/mol. The van der Waals surface area contributed by atoms with Crippen molar-refractivity contribution in [2.45, 2.75) is 6.42 Å². The van der Waals surface area contributed by atoms with Gasteiger partial charge in [-0.1, -0.05) is 29.3 Å². The number of nitrogens with zero attached hydrogens (tertiary/aromatic N) is 5. The molecule has 1 amide bonds. The minimum absolute atomic E-state index is 0.151. The maximum atomic E-state index is 12.4. The number of fused-ring (bicyclic) bond motifs is 1. The molecule has 9 nitrogen and oxygen atoms in total. The van der Waals surface area contributed by atoms with Gasteiger partial charge in [-0.05, 0) is 42.0 Å². The van der Waals surface area contributed by atoms with Gasteiger partial charge in [0.1, 0.15) is 23.5 Å². The molecule has 0 radical (unpaired) electrons. The van der Waals surface area contributed by atoms with E-state index in [0.29, 0.717) is 39.3 Å². The van der Waals surface area contributed by atoms with Crippen LogP contribution in [0.4, 0.5) is 17.2 Å². The lowest BCUT2D eigenvalue weighted by molar-refractivity contribution is 0.100. The first-order valence-corrected chi connectivity index (χ1v) is 11.5. The summed E-state index contributed by atoms with van der Waals surface area (Å²) < 4.78 is 1.62. The standard InChI is InChI=1S/C23H22Cl2N8O/c24-17-2-1-3-18(25)16(17)12-19-30-22(20(21(26)34)23-31-28-13-33(19)23)29-14-4-6-15(7-5-14)32-10-8-27-9-11-32/h1-7,13,27,29H,8-12H2,(H2,26,34). The van der Waals surface area contributed by atoms with Gasteiger partial charge < -0.3 is 21.3 Å². The molecule has 0 atom stereocenters. The van der Waals surface area contributed by atoms with Crippen LogP contribution >= 0.6 is 23.2 Å². The summed E-state index contributed by atoms with van der Waals surface area (Å²) in [6, 6.07) is 13.3. The van der Waals surface area contributed by atoms with Gasteiger partial charge in [-0.25, -0.2) is 4.98 Å². The number of benzene rings is 2. The van der Waals surface area contributed by atoms with Gasteiger partial charge in [0.05, 0.1) is 0 Å². The maximum Gasteiger partial charge on any atom is 0.256 e. The molecule has 0 saturated carbocycles. The fourth-order valence-corrected chi connectivity index (χ4v) is 4.59. The molecule has 0 bridgehead atoms. The van der Waals surface area contributed by atoms with Crippen LogP contribution in [0.1, 0.15) is 21.7 Å². The molecular formula is C23H22Cl2N8O. The van der Waals surface area contributed by atoms with Gasteiger partial charge in [-0.3, -0.25) is 9.20 Å². The summed E-state index contributed by atoms with van der Waals surface area (Å²) in [6.07, 6.45) is 1.80. The lowest BCUT2D eigenvalue weighted by Crippen LogP contribution is -2.43. The van der Waals surface area contributed by atoms with Gasteiger partial charge in [0.25, 0.3) is 5.91 Å². The Hall–Kier alpha value is -3.40. The smallest absolute Gasteiger partial charge is 0.256 e. The Labute approximate surface area is 205 Å². The summed E-state index contributed by atoms with van der Waals surface area (Å²) in [6.45, 7) is 3.83. The first kappa shape index (κ1) is 22.4. The molecule has 5 rings (SSSR count). The van der Waals surface area contributed by atoms with Crippen molar-refractivity contribution in [2.24, 2.45) is 5.73 Å². The highest BCUT2D eigenvalue weighted by Gasteiger charge is 2.22. The van der Waals surface area contributed by atoms with Crippen LogP contribution in [0.5, 0.6) is 0 Å². The van der Waals surface area contributed by atoms with Gasteiger partial charge in [-0.2, -0.15) is 0 Å². The molecule has 1 fully saturated rings. The number of hydrogen-bond donors (Lipinski definition) is 3. The van der Waals surface area contributed by atoms with Gasteiger partial charge in [0.15, 0.2) is 5.65 Å². The summed E-state index contributed by atoms with van der Waals surface area (Å²) in [5, 5.41) is 15.7. The highest BCUT2D eigenvalue weighted by molar-refractivity contribution is 6.36. The number of anilines is 3. The SMILES string of the molecule is NC(=O)c1c(Nc2ccc(N3CCNCC3)cc2)nc(Cc2c(Cl)cccc2Cl)n2cnnc12. The van der Waals surface area contributed by atoms with Crippen molar-refractivity contribution in [3.63, 3.8) is 0 Å². The number of carbonyl (C=O) groups is 1. The number of carbonyl (C=O) groups excluding carboxylic acids is 1. The topological polar surface area (TPSA) is 113 Å². The summed E-state index contributed by atoms with van der Waals surface area (Å²) in [5.41, 5.74) is 8.78. The van der Waals surface area contributed by atoms with E-state index in [1.54, 1.807) is 22.6 Å². The number of nitrogens with one attached hydrogen (secondary N) is 2. The molecule has 1 aliphatic heterocycles. The lowest BCUT2D eigenvalue weighted by atomic mass is 10.1. The van der Waals surface area contributed by atoms with Crippen molar-refractivity contribution in [3.8, 4) is 0 Å². The Balaban J connectivity index is 1.52. The largest absolute Gasteiger partial charge is 0.369 e. The summed E-state index contributed by atoms with van der Waals surface area (Å²) in [4.78, 5) is 19.4. The predicted molar refractivity (Wildman–Crippen MR) is 133 cm³/mol. The van der Waals surface area contributed by atoms with Gasteiger partial charge in [0, 0.05) is 54.0 Å². The summed E-state index contributed by atoms with van der Waals surface area (Å²) >= 11 is 12.8. The minimum Gasteiger partial charge on any atom is -0.369 e. The number of rotatable bonds is 6. The van der Waals surface area contributed by atoms with E-state index in [0.717, 1.165) is 37.6 Å². The third kappa shape index (κ3) is 4.37. The molecule has 1 saturated heterocycles. The number of primary amides is 1. The Morgan fingerprint density at radius 2 is 1.79 bits per heavy atom. The fourth-order valence-electron chi connectivity index (χ4n) is 4.06. The second-order valence-electron chi connectivity index (χ2n) is 7.93. The predicted octanol–water partition coefficient (Wildman–Crippen LogP) is 3.27. The van der Waals surface area contributed by atoms with Crippen LogP contribution < -0.4 is 21.3 Å². The van der Waals surface area contributed by atoms with Crippen LogP contribution in [0.3, 0.4) is 0 Å². The second kappa shape index (κ2) is 9.46. The first-order chi connectivity index (χ1) is 16.5. The average molecular weight is 497 g/mol. The molecule has 174 valence electrons. The minimum atomic E-state index is -0.659. The fraction of sp³-hybridized carbons (Fsp3) is 0.217. The molecule has 4 aromatic rings. The number of halogens is 2. The third-order valence-electron chi connectivity index (χ3n) is 5.78. The number of hydrogen-bond acceptors (Lipinski definition) is 7. The summed E-state index contributed by atoms with van der Waals surface area (Å²) in [5.74, 6) is 0.189. The Morgan fingerprint density at radius 3 is 2.47 bits per heavy atom. The summed E-state index contributed by atoms with van der Waals surface area (Å²) in [7, 11) is 0. The number of aromatic nitrogens is 4. The first-order valence-electron chi connectivity index (χ1n) is 10.8. The van der Waals surface area contributed by atoms with Crippen LogP contribution in [0, 0.1) is 0 Å². The highest BCUT2D eigenvalue weighted by atomic mass is 35.5. The molecule has 4 N–H and O–H groups in total. The zero-order valence-electron chi connectivity index (χ0n) is 18.1. The third-order valence-corrected chi connectivity index (χ3v) is 6.49. The molecule has 3 heterocycles. The quantitative estimate of drug-likeness (QED) is 0.375. The highest BCUT2D eigenvalue weighted by Crippen LogP contribution is 2.29. The van der Waals surface area contributed by atoms with Crippen molar-refractivity contribution in [3.05, 3.63) is 75.8 Å². The van der Waals surface area contributed by atoms with Crippen molar-refractivity contribution in [2.75, 3.05) is 36.4 Å². The molecule has 34 heavy (non-hydrogen) atoms. The zero-order chi connectivity index (χ0) is 23.7. The van der Waals surface area contributed by atoms with Crippen LogP contribution in [-0.4, -0.2) is 51.7 Å². The molecule has 0 unspecified atom stereocenters. The van der Waals surface area contributed by atoms with E-state index in [1.165, 1.54) is 6.33 Å². The van der Waals surface area contributed by atoms with Crippen LogP contribution in [-0.2, 0) is 6.42 Å². The van der Waals surface area contributed by atoms with Crippen LogP contribution in [0.2, 0.25) is 10.0 Å². The normalized spacial score (nSPS) is 13.9. The van der Waals surface area contributed by atoms with Crippen molar-refractivity contribution < 1.29 is 4.79 Å². The molecule has 1 aliphatic rings. The van der Waals surface area contributed by atoms with Crippen molar-refractivity contribution in [1.29, 1.82) is 0 Å². The Morgan fingerprint density at radius 1 is 1.09 bits per heavy atom. The van der Waals surface area contributed by atoms with Crippen molar-refractivity contribution >= 4 is 51.9 Å². The van der Waals surface area contributed by atoms with Gasteiger partial charge in [0.2, 0.25) is 0 Å². The van der Waals surface area contributed by atoms with Crippen LogP contribution in [0.25, 0.3) is 5.65 Å². The van der Waals surface area contributed by atoms with E-state index in [4.69, 9.17) is 33.9 Å². The number of piperazine rings is 1. The number of amides is 1. The van der Waals surface area contributed by atoms with E-state index >= 15 is 0 Å². The van der Waals surface area contributed by atoms with E-state index in [-0.39, 0.29) is 5.56 Å². The van der Waals surface area contributed by atoms with Gasteiger partial charge in [-0.15, -0.1) is 10.2 Å². The lowest BCUT2D eigenvalue weighted by Gasteiger charge is -2.29. The van der Waals surface area contributed by atoms with Crippen LogP contribution in [0.15, 0.2) is 48.8 Å². The zero-order valence-corrected chi connectivity index (χ0v) is 19.6. The Bertz CT molecular complexity index is 1330. The molecule has 0 spiro atoms. The van der Waals surface area contributed by atoms with E-state index < -0.39 is 5.91 Å². The molecule has 2 aromatic carbocycles. The van der Waals surface area contributed by atoms with Gasteiger partial charge >= 0.3 is 0 Å². The number of nitrogens with two attached hydrogens (primary N) is 1. The second-order valence-corrected chi connectivity index (χ2v) is 8.74. The van der Waals surface area contributed by atoms with E-state index in [2.05, 4.69) is 25.7 Å². The maximum absolute atomic E-state index is 12.4.